The van der Waals surface area contributed by atoms with E-state index in [0.29, 0.717) is 22.7 Å². The first-order valence-corrected chi connectivity index (χ1v) is 18.5. The van der Waals surface area contributed by atoms with Crippen LogP contribution in [0.1, 0.15) is 86.3 Å². The van der Waals surface area contributed by atoms with Crippen LogP contribution in [0.3, 0.4) is 0 Å². The molecule has 50 heavy (non-hydrogen) atoms. The van der Waals surface area contributed by atoms with Crippen molar-refractivity contribution >= 4 is 55.8 Å². The average Bonchev–Trinajstić information content (AvgIpc) is 3.46. The number of carbonyl (C=O) groups excluding carboxylic acids is 2. The molecule has 1 heterocycles. The number of amides is 2. The zero-order valence-corrected chi connectivity index (χ0v) is 29.6. The number of hydrogen-bond donors (Lipinski definition) is 4. The summed E-state index contributed by atoms with van der Waals surface area (Å²) >= 11 is 1.34. The molecule has 13 heteroatoms. The lowest BCUT2D eigenvalue weighted by atomic mass is 9.95. The van der Waals surface area contributed by atoms with Crippen molar-refractivity contribution in [2.24, 2.45) is 0 Å². The van der Waals surface area contributed by atoms with Crippen molar-refractivity contribution in [2.75, 3.05) is 17.2 Å². The van der Waals surface area contributed by atoms with Crippen molar-refractivity contribution in [1.29, 1.82) is 0 Å². The number of aryl methyl sites for hydroxylation is 3. The number of benzene rings is 3. The SMILES string of the molecule is CCN(C(C)(C)C(=O)O)S(=O)(=O)c1cccc(C(=O)Nc2sc3c(c2C(=O)Nc2ccc(CCc4ccc(C(=O)O)cc4)cc2)CCCC3)c1. The van der Waals surface area contributed by atoms with Crippen molar-refractivity contribution in [3.05, 3.63) is 111 Å². The van der Waals surface area contributed by atoms with Crippen LogP contribution in [0.25, 0.3) is 0 Å². The molecule has 0 aliphatic heterocycles. The minimum absolute atomic E-state index is 0.0430. The number of aliphatic carboxylic acids is 1. The number of aromatic carboxylic acids is 1. The summed E-state index contributed by atoms with van der Waals surface area (Å²) in [7, 11) is -4.28. The number of likely N-dealkylation sites (N-methyl/N-ethyl adjacent to an activating group) is 1. The van der Waals surface area contributed by atoms with Gasteiger partial charge in [-0.2, -0.15) is 4.31 Å². The van der Waals surface area contributed by atoms with Crippen LogP contribution in [0.15, 0.2) is 77.7 Å². The maximum absolute atomic E-state index is 13.8. The molecule has 0 atom stereocenters. The number of sulfonamides is 1. The molecule has 1 aliphatic carbocycles. The number of nitrogens with one attached hydrogen (secondary N) is 2. The maximum Gasteiger partial charge on any atom is 0.335 e. The highest BCUT2D eigenvalue weighted by Gasteiger charge is 2.42. The highest BCUT2D eigenvalue weighted by Crippen LogP contribution is 2.39. The largest absolute Gasteiger partial charge is 0.480 e. The molecule has 3 aromatic carbocycles. The number of rotatable bonds is 13. The monoisotopic (exact) mass is 717 g/mol. The fourth-order valence-electron chi connectivity index (χ4n) is 6.02. The Morgan fingerprint density at radius 2 is 1.44 bits per heavy atom. The number of anilines is 2. The second kappa shape index (κ2) is 15.0. The van der Waals surface area contributed by atoms with Gasteiger partial charge in [0, 0.05) is 22.7 Å². The van der Waals surface area contributed by atoms with Crippen LogP contribution >= 0.6 is 11.3 Å². The average molecular weight is 718 g/mol. The van der Waals surface area contributed by atoms with Gasteiger partial charge in [-0.05, 0) is 112 Å². The number of nitrogens with zero attached hydrogens (tertiary/aromatic N) is 1. The van der Waals surface area contributed by atoms with Gasteiger partial charge in [0.2, 0.25) is 10.0 Å². The number of hydrogen-bond acceptors (Lipinski definition) is 7. The molecule has 0 fully saturated rings. The van der Waals surface area contributed by atoms with E-state index in [-0.39, 0.29) is 28.5 Å². The third-order valence-corrected chi connectivity index (χ3v) is 12.2. The lowest BCUT2D eigenvalue weighted by Gasteiger charge is -2.33. The van der Waals surface area contributed by atoms with Crippen molar-refractivity contribution in [2.45, 2.75) is 69.7 Å². The minimum atomic E-state index is -4.28. The number of fused-ring (bicyclic) bond motifs is 1. The number of carboxylic acid groups (broad SMARTS) is 2. The predicted molar refractivity (Wildman–Crippen MR) is 192 cm³/mol. The summed E-state index contributed by atoms with van der Waals surface area (Å²) in [6.07, 6.45) is 4.80. The topological polar surface area (TPSA) is 170 Å². The fourth-order valence-corrected chi connectivity index (χ4v) is 9.10. The summed E-state index contributed by atoms with van der Waals surface area (Å²) in [6.45, 7) is 4.06. The Hall–Kier alpha value is -4.85. The summed E-state index contributed by atoms with van der Waals surface area (Å²) in [5, 5.41) is 25.0. The second-order valence-corrected chi connectivity index (χ2v) is 15.6. The van der Waals surface area contributed by atoms with E-state index in [2.05, 4.69) is 10.6 Å². The molecule has 0 radical (unpaired) electrons. The van der Waals surface area contributed by atoms with Gasteiger partial charge in [-0.15, -0.1) is 11.3 Å². The van der Waals surface area contributed by atoms with E-state index in [1.54, 1.807) is 31.2 Å². The van der Waals surface area contributed by atoms with Crippen LogP contribution in [0.4, 0.5) is 10.7 Å². The molecular weight excluding hydrogens is 679 g/mol. The molecule has 1 aromatic heterocycles. The van der Waals surface area contributed by atoms with Gasteiger partial charge in [0.05, 0.1) is 16.0 Å². The van der Waals surface area contributed by atoms with Gasteiger partial charge in [0.15, 0.2) is 0 Å². The third kappa shape index (κ3) is 7.80. The van der Waals surface area contributed by atoms with Gasteiger partial charge >= 0.3 is 11.9 Å². The van der Waals surface area contributed by atoms with Crippen molar-refractivity contribution in [1.82, 2.24) is 4.31 Å². The standard InChI is InChI=1S/C37H39N3O8S2/c1-4-40(37(2,3)36(45)46)50(47,48)28-9-7-8-26(22-28)32(41)39-34-31(29-10-5-6-11-30(29)49-34)33(42)38-27-20-16-24(17-21-27)13-12-23-14-18-25(19-15-23)35(43)44/h7-9,14-22H,4-6,10-13H2,1-3H3,(H,38,42)(H,39,41)(H,43,44)(H,45,46). The first kappa shape index (κ1) is 36.4. The van der Waals surface area contributed by atoms with Crippen LogP contribution in [0, 0.1) is 0 Å². The highest BCUT2D eigenvalue weighted by molar-refractivity contribution is 7.89. The Morgan fingerprint density at radius 1 is 0.820 bits per heavy atom. The highest BCUT2D eigenvalue weighted by atomic mass is 32.2. The zero-order chi connectivity index (χ0) is 36.2. The first-order chi connectivity index (χ1) is 23.7. The normalized spacial score (nSPS) is 13.0. The quantitative estimate of drug-likeness (QED) is 0.122. The lowest BCUT2D eigenvalue weighted by molar-refractivity contribution is -0.146. The molecule has 0 unspecified atom stereocenters. The summed E-state index contributed by atoms with van der Waals surface area (Å²) < 4.78 is 27.9. The Bertz CT molecular complexity index is 2040. The van der Waals surface area contributed by atoms with Crippen LogP contribution < -0.4 is 10.6 Å². The third-order valence-electron chi connectivity index (χ3n) is 8.86. The molecular formula is C37H39N3O8S2. The molecule has 0 spiro atoms. The molecule has 0 saturated heterocycles. The molecule has 0 saturated carbocycles. The van der Waals surface area contributed by atoms with Gasteiger partial charge in [-0.1, -0.05) is 37.3 Å². The Kier molecular flexibility index (Phi) is 10.9. The van der Waals surface area contributed by atoms with E-state index in [9.17, 15) is 32.7 Å². The van der Waals surface area contributed by atoms with Crippen LogP contribution in [0.2, 0.25) is 0 Å². The molecule has 4 aromatic rings. The number of carbonyl (C=O) groups is 4. The number of thiophene rings is 1. The molecule has 11 nitrogen and oxygen atoms in total. The Balaban J connectivity index is 1.32. The molecule has 5 rings (SSSR count). The Labute approximate surface area is 295 Å². The van der Waals surface area contributed by atoms with E-state index in [4.69, 9.17) is 5.11 Å². The summed E-state index contributed by atoms with van der Waals surface area (Å²) in [4.78, 5) is 51.1. The van der Waals surface area contributed by atoms with Gasteiger partial charge in [0.1, 0.15) is 10.5 Å². The minimum Gasteiger partial charge on any atom is -0.480 e. The molecule has 1 aliphatic rings. The van der Waals surface area contributed by atoms with Gasteiger partial charge in [-0.3, -0.25) is 14.4 Å². The van der Waals surface area contributed by atoms with E-state index < -0.39 is 33.4 Å². The lowest BCUT2D eigenvalue weighted by Crippen LogP contribution is -2.52. The van der Waals surface area contributed by atoms with E-state index in [1.807, 2.05) is 24.3 Å². The first-order valence-electron chi connectivity index (χ1n) is 16.3. The fraction of sp³-hybridized carbons (Fsp3) is 0.297. The molecule has 262 valence electrons. The Morgan fingerprint density at radius 3 is 2.04 bits per heavy atom. The summed E-state index contributed by atoms with van der Waals surface area (Å²) in [5.41, 5.74) is 2.49. The van der Waals surface area contributed by atoms with Crippen molar-refractivity contribution < 1.29 is 37.8 Å². The van der Waals surface area contributed by atoms with Gasteiger partial charge in [0.25, 0.3) is 11.8 Å². The van der Waals surface area contributed by atoms with E-state index in [0.717, 1.165) is 58.0 Å². The zero-order valence-electron chi connectivity index (χ0n) is 28.0. The smallest absolute Gasteiger partial charge is 0.335 e. The van der Waals surface area contributed by atoms with Crippen LogP contribution in [-0.4, -0.2) is 58.8 Å². The molecule has 0 bridgehead atoms. The summed E-state index contributed by atoms with van der Waals surface area (Å²) in [6, 6.07) is 19.7. The second-order valence-electron chi connectivity index (χ2n) is 12.6. The van der Waals surface area contributed by atoms with Crippen molar-refractivity contribution in [3.8, 4) is 0 Å². The van der Waals surface area contributed by atoms with E-state index in [1.165, 1.54) is 49.4 Å². The predicted octanol–water partition coefficient (Wildman–Crippen LogP) is 6.49. The van der Waals surface area contributed by atoms with Crippen LogP contribution in [0.5, 0.6) is 0 Å². The van der Waals surface area contributed by atoms with Gasteiger partial charge in [-0.25, -0.2) is 13.2 Å². The van der Waals surface area contributed by atoms with Crippen LogP contribution in [-0.2, 0) is 40.5 Å². The maximum atomic E-state index is 13.8. The number of carboxylic acids is 2. The van der Waals surface area contributed by atoms with E-state index >= 15 is 0 Å². The molecule has 2 amide bonds. The van der Waals surface area contributed by atoms with Crippen molar-refractivity contribution in [3.63, 3.8) is 0 Å². The van der Waals surface area contributed by atoms with Gasteiger partial charge < -0.3 is 20.8 Å². The summed E-state index contributed by atoms with van der Waals surface area (Å²) in [5.74, 6) is -3.23. The molecule has 4 N–H and O–H groups in total.